The van der Waals surface area contributed by atoms with Crippen molar-refractivity contribution in [3.63, 3.8) is 0 Å². The van der Waals surface area contributed by atoms with Gasteiger partial charge in [-0.05, 0) is 48.0 Å². The molecule has 4 nitrogen and oxygen atoms in total. The molecule has 0 radical (unpaired) electrons. The van der Waals surface area contributed by atoms with Gasteiger partial charge in [0.15, 0.2) is 0 Å². The zero-order chi connectivity index (χ0) is 14.9. The van der Waals surface area contributed by atoms with E-state index in [9.17, 15) is 4.79 Å². The van der Waals surface area contributed by atoms with Gasteiger partial charge in [0.25, 0.3) is 0 Å². The van der Waals surface area contributed by atoms with Crippen LogP contribution in [-0.2, 0) is 9.53 Å². The number of amides is 1. The van der Waals surface area contributed by atoms with E-state index in [1.54, 1.807) is 6.07 Å². The number of halogens is 2. The molecule has 20 heavy (non-hydrogen) atoms. The molecule has 0 aromatic heterocycles. The standard InChI is InChI=1S/C14H18BrClN2O2/c1-8-6-14(13(17)19,7-9(2)20-8)18-10-3-4-12(16)11(15)5-10/h3-5,8-9,18H,6-7H2,1-2H3,(H2,17,19). The Kier molecular flexibility index (Phi) is 4.62. The Labute approximate surface area is 132 Å². The Bertz CT molecular complexity index is 514. The van der Waals surface area contributed by atoms with E-state index in [0.717, 1.165) is 10.2 Å². The van der Waals surface area contributed by atoms with E-state index >= 15 is 0 Å². The normalized spacial score (nSPS) is 30.0. The summed E-state index contributed by atoms with van der Waals surface area (Å²) in [5, 5.41) is 3.90. The lowest BCUT2D eigenvalue weighted by Gasteiger charge is -2.41. The van der Waals surface area contributed by atoms with Gasteiger partial charge < -0.3 is 15.8 Å². The molecule has 1 heterocycles. The number of nitrogens with two attached hydrogens (primary N) is 1. The monoisotopic (exact) mass is 360 g/mol. The summed E-state index contributed by atoms with van der Waals surface area (Å²) in [6.07, 6.45) is 1.06. The van der Waals surface area contributed by atoms with Gasteiger partial charge in [0, 0.05) is 23.0 Å². The number of primary amides is 1. The molecule has 1 aromatic rings. The van der Waals surface area contributed by atoms with E-state index in [2.05, 4.69) is 21.2 Å². The molecule has 3 N–H and O–H groups in total. The smallest absolute Gasteiger partial charge is 0.243 e. The number of rotatable bonds is 3. The molecule has 1 aliphatic heterocycles. The van der Waals surface area contributed by atoms with Crippen LogP contribution in [0, 0.1) is 0 Å². The number of carbonyl (C=O) groups excluding carboxylic acids is 1. The highest BCUT2D eigenvalue weighted by molar-refractivity contribution is 9.10. The second-order valence-electron chi connectivity index (χ2n) is 5.37. The summed E-state index contributed by atoms with van der Waals surface area (Å²) in [4.78, 5) is 12.0. The minimum atomic E-state index is -0.787. The van der Waals surface area contributed by atoms with Crippen LogP contribution >= 0.6 is 27.5 Å². The molecule has 1 fully saturated rings. The second kappa shape index (κ2) is 5.92. The maximum atomic E-state index is 12.0. The lowest BCUT2D eigenvalue weighted by molar-refractivity contribution is -0.131. The van der Waals surface area contributed by atoms with Crippen molar-refractivity contribution in [2.24, 2.45) is 5.73 Å². The van der Waals surface area contributed by atoms with Crippen LogP contribution in [0.5, 0.6) is 0 Å². The van der Waals surface area contributed by atoms with Crippen molar-refractivity contribution in [3.05, 3.63) is 27.7 Å². The second-order valence-corrected chi connectivity index (χ2v) is 6.63. The molecule has 0 saturated carbocycles. The SMILES string of the molecule is CC1CC(Nc2ccc(Cl)c(Br)c2)(C(N)=O)CC(C)O1. The zero-order valence-corrected chi connectivity index (χ0v) is 13.8. The summed E-state index contributed by atoms with van der Waals surface area (Å²) in [7, 11) is 0. The molecule has 0 aliphatic carbocycles. The van der Waals surface area contributed by atoms with Crippen LogP contribution in [0.3, 0.4) is 0 Å². The molecule has 1 aliphatic rings. The average molecular weight is 362 g/mol. The first kappa shape index (κ1) is 15.6. The minimum Gasteiger partial charge on any atom is -0.375 e. The summed E-state index contributed by atoms with van der Waals surface area (Å²) >= 11 is 9.36. The van der Waals surface area contributed by atoms with Crippen molar-refractivity contribution in [1.82, 2.24) is 0 Å². The van der Waals surface area contributed by atoms with E-state index < -0.39 is 5.54 Å². The lowest BCUT2D eigenvalue weighted by Crippen LogP contribution is -2.57. The van der Waals surface area contributed by atoms with Gasteiger partial charge in [0.1, 0.15) is 5.54 Å². The van der Waals surface area contributed by atoms with Gasteiger partial charge in [-0.3, -0.25) is 4.79 Å². The van der Waals surface area contributed by atoms with Crippen LogP contribution in [0.2, 0.25) is 5.02 Å². The van der Waals surface area contributed by atoms with Gasteiger partial charge in [0.05, 0.1) is 17.2 Å². The molecule has 110 valence electrons. The van der Waals surface area contributed by atoms with Crippen molar-refractivity contribution in [2.45, 2.75) is 44.4 Å². The maximum Gasteiger partial charge on any atom is 0.243 e. The Balaban J connectivity index is 2.29. The van der Waals surface area contributed by atoms with Crippen LogP contribution in [0.1, 0.15) is 26.7 Å². The van der Waals surface area contributed by atoms with Crippen LogP contribution in [-0.4, -0.2) is 23.7 Å². The van der Waals surface area contributed by atoms with E-state index in [0.29, 0.717) is 17.9 Å². The predicted octanol–water partition coefficient (Wildman–Crippen LogP) is 3.33. The molecule has 0 spiro atoms. The van der Waals surface area contributed by atoms with Gasteiger partial charge in [-0.15, -0.1) is 0 Å². The van der Waals surface area contributed by atoms with Gasteiger partial charge in [0.2, 0.25) is 5.91 Å². The van der Waals surface area contributed by atoms with E-state index in [4.69, 9.17) is 22.1 Å². The fourth-order valence-corrected chi connectivity index (χ4v) is 3.27. The molecule has 1 amide bonds. The fourth-order valence-electron chi connectivity index (χ4n) is 2.77. The largest absolute Gasteiger partial charge is 0.375 e. The summed E-state index contributed by atoms with van der Waals surface area (Å²) in [6, 6.07) is 5.45. The Morgan fingerprint density at radius 3 is 2.55 bits per heavy atom. The highest BCUT2D eigenvalue weighted by atomic mass is 79.9. The summed E-state index contributed by atoms with van der Waals surface area (Å²) < 4.78 is 6.47. The number of nitrogens with one attached hydrogen (secondary N) is 1. The molecular weight excluding hydrogens is 344 g/mol. The van der Waals surface area contributed by atoms with E-state index in [1.165, 1.54) is 0 Å². The van der Waals surface area contributed by atoms with Crippen LogP contribution < -0.4 is 11.1 Å². The van der Waals surface area contributed by atoms with Crippen LogP contribution in [0.25, 0.3) is 0 Å². The summed E-state index contributed by atoms with van der Waals surface area (Å²) in [6.45, 7) is 3.90. The predicted molar refractivity (Wildman–Crippen MR) is 83.9 cm³/mol. The van der Waals surface area contributed by atoms with Crippen LogP contribution in [0.4, 0.5) is 5.69 Å². The van der Waals surface area contributed by atoms with Crippen molar-refractivity contribution in [2.75, 3.05) is 5.32 Å². The number of anilines is 1. The van der Waals surface area contributed by atoms with Crippen molar-refractivity contribution < 1.29 is 9.53 Å². The first-order chi connectivity index (χ1) is 9.32. The first-order valence-electron chi connectivity index (χ1n) is 6.51. The molecule has 1 aromatic carbocycles. The average Bonchev–Trinajstić information content (AvgIpc) is 2.32. The number of hydrogen-bond donors (Lipinski definition) is 2. The molecule has 2 unspecified atom stereocenters. The molecule has 6 heteroatoms. The molecule has 1 saturated heterocycles. The number of benzene rings is 1. The lowest BCUT2D eigenvalue weighted by atomic mass is 9.83. The molecule has 0 bridgehead atoms. The minimum absolute atomic E-state index is 0.0190. The van der Waals surface area contributed by atoms with Gasteiger partial charge in [-0.2, -0.15) is 0 Å². The quantitative estimate of drug-likeness (QED) is 0.868. The summed E-state index contributed by atoms with van der Waals surface area (Å²) in [5.74, 6) is -0.356. The Morgan fingerprint density at radius 2 is 2.05 bits per heavy atom. The maximum absolute atomic E-state index is 12.0. The van der Waals surface area contributed by atoms with Crippen molar-refractivity contribution in [1.29, 1.82) is 0 Å². The molecule has 2 atom stereocenters. The first-order valence-corrected chi connectivity index (χ1v) is 7.68. The number of hydrogen-bond acceptors (Lipinski definition) is 3. The number of ether oxygens (including phenoxy) is 1. The van der Waals surface area contributed by atoms with Gasteiger partial charge in [-0.25, -0.2) is 0 Å². The topological polar surface area (TPSA) is 64.3 Å². The van der Waals surface area contributed by atoms with Gasteiger partial charge >= 0.3 is 0 Å². The van der Waals surface area contributed by atoms with Crippen LogP contribution in [0.15, 0.2) is 22.7 Å². The summed E-state index contributed by atoms with van der Waals surface area (Å²) in [5.41, 5.74) is 5.67. The third kappa shape index (κ3) is 3.27. The van der Waals surface area contributed by atoms with Crippen molar-refractivity contribution in [3.8, 4) is 0 Å². The Hall–Kier alpha value is -0.780. The molecular formula is C14H18BrClN2O2. The van der Waals surface area contributed by atoms with Gasteiger partial charge in [-0.1, -0.05) is 11.6 Å². The van der Waals surface area contributed by atoms with E-state index in [1.807, 2.05) is 26.0 Å². The highest BCUT2D eigenvalue weighted by Gasteiger charge is 2.43. The zero-order valence-electron chi connectivity index (χ0n) is 11.5. The highest BCUT2D eigenvalue weighted by Crippen LogP contribution is 2.34. The third-order valence-electron chi connectivity index (χ3n) is 3.51. The Morgan fingerprint density at radius 1 is 1.45 bits per heavy atom. The van der Waals surface area contributed by atoms with E-state index in [-0.39, 0.29) is 18.1 Å². The molecule has 2 rings (SSSR count). The number of carbonyl (C=O) groups is 1. The third-order valence-corrected chi connectivity index (χ3v) is 4.73. The van der Waals surface area contributed by atoms with Crippen molar-refractivity contribution >= 4 is 39.1 Å². The fraction of sp³-hybridized carbons (Fsp3) is 0.500.